The van der Waals surface area contributed by atoms with Gasteiger partial charge in [0.2, 0.25) is 0 Å². The molecule has 0 spiro atoms. The van der Waals surface area contributed by atoms with Crippen molar-refractivity contribution >= 4 is 11.6 Å². The molecule has 1 saturated heterocycles. The minimum atomic E-state index is 0.597. The average molecular weight is 309 g/mol. The summed E-state index contributed by atoms with van der Waals surface area (Å²) in [6, 6.07) is 4.73. The molecule has 2 atom stereocenters. The van der Waals surface area contributed by atoms with Gasteiger partial charge in [-0.15, -0.1) is 0 Å². The molecule has 1 aromatic carbocycles. The van der Waals surface area contributed by atoms with Crippen LogP contribution < -0.4 is 10.1 Å². The van der Waals surface area contributed by atoms with Crippen molar-refractivity contribution in [1.29, 1.82) is 0 Å². The van der Waals surface area contributed by atoms with E-state index in [9.17, 15) is 0 Å². The average Bonchev–Trinajstić information content (AvgIpc) is 2.95. The maximum absolute atomic E-state index is 6.29. The topological polar surface area (TPSA) is 24.5 Å². The highest BCUT2D eigenvalue weighted by Gasteiger charge is 2.28. The van der Waals surface area contributed by atoms with Crippen LogP contribution in [0.3, 0.4) is 0 Å². The van der Waals surface area contributed by atoms with Crippen LogP contribution in [0, 0.1) is 5.92 Å². The largest absolute Gasteiger partial charge is 0.493 e. The number of benzene rings is 1. The van der Waals surface area contributed by atoms with E-state index in [1.165, 1.54) is 17.5 Å². The lowest BCUT2D eigenvalue weighted by atomic mass is 9.95. The fraction of sp³-hybridized carbons (Fsp3) is 0.647. The highest BCUT2D eigenvalue weighted by atomic mass is 35.5. The highest BCUT2D eigenvalue weighted by Crippen LogP contribution is 2.34. The summed E-state index contributed by atoms with van der Waals surface area (Å²) in [6.07, 6.45) is 2.20. The van der Waals surface area contributed by atoms with Crippen LogP contribution in [0.4, 0.5) is 0 Å². The van der Waals surface area contributed by atoms with Crippen LogP contribution in [0.25, 0.3) is 0 Å². The molecule has 21 heavy (non-hydrogen) atoms. The molecule has 3 nitrogen and oxygen atoms in total. The molecule has 3 rings (SSSR count). The summed E-state index contributed by atoms with van der Waals surface area (Å²) in [4.78, 5) is 2.60. The Bertz CT molecular complexity index is 506. The Morgan fingerprint density at radius 1 is 1.48 bits per heavy atom. The fourth-order valence-corrected chi connectivity index (χ4v) is 3.74. The van der Waals surface area contributed by atoms with E-state index in [1.807, 2.05) is 0 Å². The highest BCUT2D eigenvalue weighted by molar-refractivity contribution is 6.30. The molecule has 2 aliphatic heterocycles. The third-order valence-electron chi connectivity index (χ3n) is 4.90. The van der Waals surface area contributed by atoms with Gasteiger partial charge in [-0.05, 0) is 23.6 Å². The molecule has 0 amide bonds. The maximum Gasteiger partial charge on any atom is 0.127 e. The third kappa shape index (κ3) is 3.20. The first-order chi connectivity index (χ1) is 10.2. The summed E-state index contributed by atoms with van der Waals surface area (Å²) in [6.45, 7) is 9.60. The third-order valence-corrected chi connectivity index (χ3v) is 5.12. The predicted molar refractivity (Wildman–Crippen MR) is 87.2 cm³/mol. The SMILES string of the molecule is CCC(C)C1CNCCN1Cc1cc(Cl)cc2c1OCC2. The van der Waals surface area contributed by atoms with Crippen LogP contribution in [0.1, 0.15) is 31.4 Å². The van der Waals surface area contributed by atoms with Gasteiger partial charge in [-0.1, -0.05) is 31.9 Å². The molecule has 2 unspecified atom stereocenters. The Hall–Kier alpha value is -0.770. The molecule has 0 aliphatic carbocycles. The monoisotopic (exact) mass is 308 g/mol. The molecule has 1 fully saturated rings. The first-order valence-electron chi connectivity index (χ1n) is 8.08. The van der Waals surface area contributed by atoms with Gasteiger partial charge >= 0.3 is 0 Å². The first-order valence-corrected chi connectivity index (χ1v) is 8.45. The van der Waals surface area contributed by atoms with E-state index < -0.39 is 0 Å². The lowest BCUT2D eigenvalue weighted by Gasteiger charge is -2.39. The quantitative estimate of drug-likeness (QED) is 0.925. The summed E-state index contributed by atoms with van der Waals surface area (Å²) >= 11 is 6.29. The van der Waals surface area contributed by atoms with Crippen LogP contribution >= 0.6 is 11.6 Å². The number of rotatable bonds is 4. The molecule has 116 valence electrons. The number of halogens is 1. The number of fused-ring (bicyclic) bond motifs is 1. The molecular formula is C17H25ClN2O. The number of piperazine rings is 1. The Morgan fingerprint density at radius 2 is 2.33 bits per heavy atom. The van der Waals surface area contributed by atoms with Crippen LogP contribution in [-0.4, -0.2) is 37.2 Å². The zero-order valence-electron chi connectivity index (χ0n) is 13.0. The van der Waals surface area contributed by atoms with E-state index in [0.29, 0.717) is 12.0 Å². The van der Waals surface area contributed by atoms with Crippen LogP contribution in [0.2, 0.25) is 5.02 Å². The molecule has 0 saturated carbocycles. The zero-order valence-corrected chi connectivity index (χ0v) is 13.7. The molecule has 0 aromatic heterocycles. The Labute approximate surface area is 132 Å². The van der Waals surface area contributed by atoms with Crippen molar-refractivity contribution in [1.82, 2.24) is 10.2 Å². The van der Waals surface area contributed by atoms with Gasteiger partial charge in [0.1, 0.15) is 5.75 Å². The molecule has 1 aromatic rings. The van der Waals surface area contributed by atoms with Gasteiger partial charge in [0.05, 0.1) is 6.61 Å². The van der Waals surface area contributed by atoms with Crippen molar-refractivity contribution in [2.45, 2.75) is 39.3 Å². The van der Waals surface area contributed by atoms with E-state index in [1.54, 1.807) is 0 Å². The maximum atomic E-state index is 6.29. The number of nitrogens with one attached hydrogen (secondary N) is 1. The minimum absolute atomic E-state index is 0.597. The van der Waals surface area contributed by atoms with Crippen molar-refractivity contribution in [3.63, 3.8) is 0 Å². The lowest BCUT2D eigenvalue weighted by Crippen LogP contribution is -2.53. The van der Waals surface area contributed by atoms with Crippen LogP contribution in [0.15, 0.2) is 12.1 Å². The van der Waals surface area contributed by atoms with Crippen molar-refractivity contribution < 1.29 is 4.74 Å². The van der Waals surface area contributed by atoms with Crippen molar-refractivity contribution in [2.75, 3.05) is 26.2 Å². The fourth-order valence-electron chi connectivity index (χ4n) is 3.48. The van der Waals surface area contributed by atoms with Crippen LogP contribution in [-0.2, 0) is 13.0 Å². The summed E-state index contributed by atoms with van der Waals surface area (Å²) in [5.41, 5.74) is 2.53. The van der Waals surface area contributed by atoms with Crippen molar-refractivity contribution in [2.24, 2.45) is 5.92 Å². The Morgan fingerprint density at radius 3 is 3.14 bits per heavy atom. The van der Waals surface area contributed by atoms with E-state index in [0.717, 1.165) is 50.0 Å². The second-order valence-electron chi connectivity index (χ2n) is 6.28. The summed E-state index contributed by atoms with van der Waals surface area (Å²) in [5.74, 6) is 1.78. The molecule has 1 N–H and O–H groups in total. The lowest BCUT2D eigenvalue weighted by molar-refractivity contribution is 0.108. The summed E-state index contributed by atoms with van der Waals surface area (Å²) in [7, 11) is 0. The van der Waals surface area contributed by atoms with E-state index >= 15 is 0 Å². The van der Waals surface area contributed by atoms with Gasteiger partial charge in [-0.3, -0.25) is 4.90 Å². The van der Waals surface area contributed by atoms with Crippen LogP contribution in [0.5, 0.6) is 5.75 Å². The second kappa shape index (κ2) is 6.55. The summed E-state index contributed by atoms with van der Waals surface area (Å²) in [5, 5.41) is 4.37. The molecule has 0 radical (unpaired) electrons. The Balaban J connectivity index is 1.82. The minimum Gasteiger partial charge on any atom is -0.493 e. The van der Waals surface area contributed by atoms with Crippen molar-refractivity contribution in [3.05, 3.63) is 28.3 Å². The molecule has 2 heterocycles. The van der Waals surface area contributed by atoms with Gasteiger partial charge in [0.25, 0.3) is 0 Å². The molecule has 4 heteroatoms. The number of ether oxygens (including phenoxy) is 1. The Kier molecular flexibility index (Phi) is 4.72. The van der Waals surface area contributed by atoms with Gasteiger partial charge in [0, 0.05) is 49.2 Å². The molecular weight excluding hydrogens is 284 g/mol. The van der Waals surface area contributed by atoms with Gasteiger partial charge in [0.15, 0.2) is 0 Å². The molecule has 2 aliphatic rings. The van der Waals surface area contributed by atoms with Gasteiger partial charge in [-0.2, -0.15) is 0 Å². The van der Waals surface area contributed by atoms with Gasteiger partial charge < -0.3 is 10.1 Å². The predicted octanol–water partition coefficient (Wildman–Crippen LogP) is 3.09. The molecule has 0 bridgehead atoms. The second-order valence-corrected chi connectivity index (χ2v) is 6.72. The first kappa shape index (κ1) is 15.1. The van der Waals surface area contributed by atoms with E-state index in [4.69, 9.17) is 16.3 Å². The number of hydrogen-bond acceptors (Lipinski definition) is 3. The normalized spacial score (nSPS) is 23.7. The number of hydrogen-bond donors (Lipinski definition) is 1. The van der Waals surface area contributed by atoms with E-state index in [2.05, 4.69) is 36.2 Å². The standard InChI is InChI=1S/C17H25ClN2O/c1-3-12(2)16-10-19-5-6-20(16)11-14-9-15(18)8-13-4-7-21-17(13)14/h8-9,12,16,19H,3-7,10-11H2,1-2H3. The summed E-state index contributed by atoms with van der Waals surface area (Å²) < 4.78 is 5.85. The van der Waals surface area contributed by atoms with E-state index in [-0.39, 0.29) is 0 Å². The number of nitrogens with zero attached hydrogens (tertiary/aromatic N) is 1. The van der Waals surface area contributed by atoms with Gasteiger partial charge in [-0.25, -0.2) is 0 Å². The van der Waals surface area contributed by atoms with Crippen molar-refractivity contribution in [3.8, 4) is 5.75 Å². The zero-order chi connectivity index (χ0) is 14.8. The smallest absolute Gasteiger partial charge is 0.127 e.